The standard InChI is InChI=1S/C21H18FNO6/c1-13-8-20(25)29-18-9-16(6-7-17(13)18)27-12-21(26)28-11-19(24)23-10-14-2-4-15(22)5-3-14/h2-9H,10-12H2,1H3,(H,23,24). The average Bonchev–Trinajstić information content (AvgIpc) is 2.69. The first-order chi connectivity index (χ1) is 13.9. The van der Waals surface area contributed by atoms with E-state index in [0.29, 0.717) is 16.9 Å². The molecule has 3 aromatic rings. The van der Waals surface area contributed by atoms with Crippen LogP contribution >= 0.6 is 0 Å². The van der Waals surface area contributed by atoms with Crippen molar-refractivity contribution in [1.29, 1.82) is 0 Å². The van der Waals surface area contributed by atoms with Crippen LogP contribution in [0.5, 0.6) is 5.75 Å². The molecule has 1 aromatic heterocycles. The van der Waals surface area contributed by atoms with Crippen molar-refractivity contribution in [2.24, 2.45) is 0 Å². The SMILES string of the molecule is Cc1cc(=O)oc2cc(OCC(=O)OCC(=O)NCc3ccc(F)cc3)ccc12. The second kappa shape index (κ2) is 9.01. The number of hydrogen-bond donors (Lipinski definition) is 1. The molecular weight excluding hydrogens is 381 g/mol. The Balaban J connectivity index is 1.44. The van der Waals surface area contributed by atoms with Crippen molar-refractivity contribution in [2.45, 2.75) is 13.5 Å². The fraction of sp³-hybridized carbons (Fsp3) is 0.190. The average molecular weight is 399 g/mol. The Morgan fingerprint density at radius 2 is 1.83 bits per heavy atom. The Labute approximate surface area is 165 Å². The van der Waals surface area contributed by atoms with Crippen LogP contribution in [0.3, 0.4) is 0 Å². The van der Waals surface area contributed by atoms with Crippen molar-refractivity contribution in [3.8, 4) is 5.75 Å². The molecule has 0 aliphatic carbocycles. The third-order valence-corrected chi connectivity index (χ3v) is 4.05. The maximum atomic E-state index is 12.8. The number of ether oxygens (including phenoxy) is 2. The van der Waals surface area contributed by atoms with Crippen LogP contribution in [0.15, 0.2) is 57.7 Å². The lowest BCUT2D eigenvalue weighted by molar-refractivity contribution is -0.150. The largest absolute Gasteiger partial charge is 0.482 e. The quantitative estimate of drug-likeness (QED) is 0.485. The van der Waals surface area contributed by atoms with Crippen LogP contribution in [0.25, 0.3) is 11.0 Å². The molecule has 0 fully saturated rings. The molecule has 0 unspecified atom stereocenters. The van der Waals surface area contributed by atoms with Crippen molar-refractivity contribution in [2.75, 3.05) is 13.2 Å². The summed E-state index contributed by atoms with van der Waals surface area (Å²) < 4.78 is 28.1. The normalized spacial score (nSPS) is 10.6. The summed E-state index contributed by atoms with van der Waals surface area (Å²) in [6, 6.07) is 11.9. The molecule has 1 N–H and O–H groups in total. The summed E-state index contributed by atoms with van der Waals surface area (Å²) in [7, 11) is 0. The van der Waals surface area contributed by atoms with Crippen molar-refractivity contribution in [3.63, 3.8) is 0 Å². The van der Waals surface area contributed by atoms with Crippen molar-refractivity contribution >= 4 is 22.8 Å². The predicted octanol–water partition coefficient (Wildman–Crippen LogP) is 2.48. The van der Waals surface area contributed by atoms with Crippen LogP contribution in [0.4, 0.5) is 4.39 Å². The van der Waals surface area contributed by atoms with Gasteiger partial charge in [-0.1, -0.05) is 12.1 Å². The Hall–Kier alpha value is -3.68. The first-order valence-electron chi connectivity index (χ1n) is 8.75. The third kappa shape index (κ3) is 5.65. The Bertz CT molecular complexity index is 1090. The molecule has 0 bridgehead atoms. The van der Waals surface area contributed by atoms with Gasteiger partial charge < -0.3 is 19.2 Å². The lowest BCUT2D eigenvalue weighted by atomic mass is 10.1. The van der Waals surface area contributed by atoms with E-state index in [2.05, 4.69) is 5.32 Å². The summed E-state index contributed by atoms with van der Waals surface area (Å²) in [5.41, 5.74) is 1.36. The van der Waals surface area contributed by atoms with Gasteiger partial charge in [-0.05, 0) is 42.3 Å². The number of fused-ring (bicyclic) bond motifs is 1. The number of hydrogen-bond acceptors (Lipinski definition) is 6. The van der Waals surface area contributed by atoms with Crippen molar-refractivity contribution in [1.82, 2.24) is 5.32 Å². The maximum Gasteiger partial charge on any atom is 0.344 e. The van der Waals surface area contributed by atoms with Gasteiger partial charge in [-0.15, -0.1) is 0 Å². The minimum Gasteiger partial charge on any atom is -0.482 e. The van der Waals surface area contributed by atoms with Gasteiger partial charge >= 0.3 is 11.6 Å². The second-order valence-electron chi connectivity index (χ2n) is 6.26. The van der Waals surface area contributed by atoms with Crippen LogP contribution in [0.2, 0.25) is 0 Å². The number of rotatable bonds is 7. The molecule has 150 valence electrons. The number of esters is 1. The molecule has 2 aromatic carbocycles. The molecule has 0 aliphatic heterocycles. The van der Waals surface area contributed by atoms with E-state index in [9.17, 15) is 18.8 Å². The zero-order valence-corrected chi connectivity index (χ0v) is 15.6. The van der Waals surface area contributed by atoms with Gasteiger partial charge in [0, 0.05) is 24.1 Å². The first-order valence-corrected chi connectivity index (χ1v) is 8.75. The van der Waals surface area contributed by atoms with Crippen molar-refractivity contribution in [3.05, 3.63) is 75.9 Å². The lowest BCUT2D eigenvalue weighted by Crippen LogP contribution is -2.29. The Kier molecular flexibility index (Phi) is 6.23. The minimum absolute atomic E-state index is 0.189. The molecule has 0 saturated carbocycles. The zero-order chi connectivity index (χ0) is 20.8. The Morgan fingerprint density at radius 3 is 2.59 bits per heavy atom. The number of halogens is 1. The van der Waals surface area contributed by atoms with Crippen LogP contribution in [-0.4, -0.2) is 25.1 Å². The Morgan fingerprint density at radius 1 is 1.07 bits per heavy atom. The molecular formula is C21H18FNO6. The third-order valence-electron chi connectivity index (χ3n) is 4.05. The minimum atomic E-state index is -0.729. The van der Waals surface area contributed by atoms with E-state index < -0.39 is 30.7 Å². The highest BCUT2D eigenvalue weighted by atomic mass is 19.1. The van der Waals surface area contributed by atoms with Crippen LogP contribution in [0, 0.1) is 12.7 Å². The monoisotopic (exact) mass is 399 g/mol. The molecule has 8 heteroatoms. The summed E-state index contributed by atoms with van der Waals surface area (Å²) in [4.78, 5) is 34.9. The summed E-state index contributed by atoms with van der Waals surface area (Å²) in [6.07, 6.45) is 0. The van der Waals surface area contributed by atoms with Crippen LogP contribution in [-0.2, 0) is 20.9 Å². The molecule has 1 amide bonds. The summed E-state index contributed by atoms with van der Waals surface area (Å²) in [5.74, 6) is -1.26. The number of aryl methyl sites for hydroxylation is 1. The summed E-state index contributed by atoms with van der Waals surface area (Å²) in [5, 5.41) is 3.32. The molecule has 3 rings (SSSR count). The summed E-state index contributed by atoms with van der Waals surface area (Å²) in [6.45, 7) is 1.11. The first kappa shape index (κ1) is 20.1. The second-order valence-corrected chi connectivity index (χ2v) is 6.26. The van der Waals surface area contributed by atoms with Gasteiger partial charge in [0.05, 0.1) is 0 Å². The van der Waals surface area contributed by atoms with Gasteiger partial charge in [-0.3, -0.25) is 4.79 Å². The van der Waals surface area contributed by atoms with E-state index >= 15 is 0 Å². The highest BCUT2D eigenvalue weighted by Gasteiger charge is 2.10. The molecule has 0 spiro atoms. The predicted molar refractivity (Wildman–Crippen MR) is 102 cm³/mol. The molecule has 0 aliphatic rings. The molecule has 0 radical (unpaired) electrons. The van der Waals surface area contributed by atoms with Crippen LogP contribution < -0.4 is 15.7 Å². The van der Waals surface area contributed by atoms with Gasteiger partial charge in [0.1, 0.15) is 17.1 Å². The molecule has 0 saturated heterocycles. The van der Waals surface area contributed by atoms with E-state index in [1.165, 1.54) is 24.3 Å². The zero-order valence-electron chi connectivity index (χ0n) is 15.6. The van der Waals surface area contributed by atoms with Crippen molar-refractivity contribution < 1.29 is 27.9 Å². The summed E-state index contributed by atoms with van der Waals surface area (Å²) >= 11 is 0. The van der Waals surface area contributed by atoms with E-state index in [0.717, 1.165) is 10.9 Å². The number of benzene rings is 2. The maximum absolute atomic E-state index is 12.8. The highest BCUT2D eigenvalue weighted by Crippen LogP contribution is 2.22. The van der Waals surface area contributed by atoms with Gasteiger partial charge in [-0.2, -0.15) is 0 Å². The highest BCUT2D eigenvalue weighted by molar-refractivity contribution is 5.82. The van der Waals surface area contributed by atoms with Gasteiger partial charge in [-0.25, -0.2) is 14.0 Å². The molecule has 7 nitrogen and oxygen atoms in total. The van der Waals surface area contributed by atoms with E-state index in [1.807, 2.05) is 0 Å². The van der Waals surface area contributed by atoms with E-state index in [-0.39, 0.29) is 12.4 Å². The van der Waals surface area contributed by atoms with Gasteiger partial charge in [0.25, 0.3) is 5.91 Å². The number of carbonyl (C=O) groups excluding carboxylic acids is 2. The lowest BCUT2D eigenvalue weighted by Gasteiger charge is -2.09. The molecule has 0 atom stereocenters. The fourth-order valence-corrected chi connectivity index (χ4v) is 2.58. The molecule has 29 heavy (non-hydrogen) atoms. The number of nitrogens with one attached hydrogen (secondary N) is 1. The molecule has 1 heterocycles. The fourth-order valence-electron chi connectivity index (χ4n) is 2.58. The van der Waals surface area contributed by atoms with E-state index in [4.69, 9.17) is 13.9 Å². The van der Waals surface area contributed by atoms with Gasteiger partial charge in [0.2, 0.25) is 0 Å². The van der Waals surface area contributed by atoms with Crippen LogP contribution in [0.1, 0.15) is 11.1 Å². The smallest absolute Gasteiger partial charge is 0.344 e. The number of amides is 1. The number of carbonyl (C=O) groups is 2. The van der Waals surface area contributed by atoms with Gasteiger partial charge in [0.15, 0.2) is 13.2 Å². The van der Waals surface area contributed by atoms with E-state index in [1.54, 1.807) is 31.2 Å². The topological polar surface area (TPSA) is 94.8 Å².